The summed E-state index contributed by atoms with van der Waals surface area (Å²) >= 11 is 3.80. The van der Waals surface area contributed by atoms with E-state index >= 15 is 0 Å². The molecule has 9 rings (SSSR count). The summed E-state index contributed by atoms with van der Waals surface area (Å²) in [6.07, 6.45) is 1.18. The van der Waals surface area contributed by atoms with Crippen molar-refractivity contribution in [1.29, 1.82) is 0 Å². The lowest BCUT2D eigenvalue weighted by Crippen LogP contribution is -2.17. The van der Waals surface area contributed by atoms with E-state index in [0.29, 0.717) is 0 Å². The molecule has 0 amide bonds. The number of hydrogen-bond acceptors (Lipinski definition) is 3. The molecule has 46 heavy (non-hydrogen) atoms. The third kappa shape index (κ3) is 4.33. The van der Waals surface area contributed by atoms with Gasteiger partial charge in [0.1, 0.15) is 0 Å². The second-order valence-corrected chi connectivity index (χ2v) is 16.3. The average Bonchev–Trinajstić information content (AvgIpc) is 3.67. The third-order valence-corrected chi connectivity index (χ3v) is 12.3. The van der Waals surface area contributed by atoms with Gasteiger partial charge in [0.05, 0.1) is 0 Å². The summed E-state index contributed by atoms with van der Waals surface area (Å²) in [4.78, 5) is 2.44. The lowest BCUT2D eigenvalue weighted by Gasteiger charge is -2.26. The molecule has 0 saturated carbocycles. The fourth-order valence-electron chi connectivity index (χ4n) is 8.12. The van der Waals surface area contributed by atoms with E-state index in [1.54, 1.807) is 0 Å². The monoisotopic (exact) mass is 629 g/mol. The highest BCUT2D eigenvalue weighted by Crippen LogP contribution is 2.52. The molecular weight excluding hydrogens is 595 g/mol. The second kappa shape index (κ2) is 10.0. The smallest absolute Gasteiger partial charge is 0.0476 e. The van der Waals surface area contributed by atoms with Crippen molar-refractivity contribution in [3.05, 3.63) is 139 Å². The second-order valence-electron chi connectivity index (χ2n) is 14.2. The van der Waals surface area contributed by atoms with Crippen molar-refractivity contribution in [2.24, 2.45) is 0 Å². The summed E-state index contributed by atoms with van der Waals surface area (Å²) in [5.41, 5.74) is 9.35. The Morgan fingerprint density at radius 3 is 1.85 bits per heavy atom. The van der Waals surface area contributed by atoms with Gasteiger partial charge in [-0.2, -0.15) is 0 Å². The van der Waals surface area contributed by atoms with Gasteiger partial charge in [0.2, 0.25) is 0 Å². The molecule has 1 aliphatic carbocycles. The number of thiophene rings is 2. The molecule has 0 saturated heterocycles. The Bertz CT molecular complexity index is 2460. The quantitative estimate of drug-likeness (QED) is 0.187. The highest BCUT2D eigenvalue weighted by atomic mass is 32.1. The molecule has 0 bridgehead atoms. The zero-order chi connectivity index (χ0) is 31.2. The van der Waals surface area contributed by atoms with Crippen LogP contribution in [-0.4, -0.2) is 0 Å². The number of hydrogen-bond donors (Lipinski definition) is 0. The van der Waals surface area contributed by atoms with E-state index in [9.17, 15) is 0 Å². The van der Waals surface area contributed by atoms with Crippen LogP contribution < -0.4 is 4.90 Å². The molecule has 0 unspecified atom stereocenters. The lowest BCUT2D eigenvalue weighted by atomic mass is 9.82. The van der Waals surface area contributed by atoms with Gasteiger partial charge >= 0.3 is 0 Å². The molecule has 0 fully saturated rings. The van der Waals surface area contributed by atoms with Crippen LogP contribution in [0, 0.1) is 0 Å². The minimum Gasteiger partial charge on any atom is -0.310 e. The number of fused-ring (bicyclic) bond motifs is 7. The Hall–Kier alpha value is -4.44. The van der Waals surface area contributed by atoms with Crippen LogP contribution in [0.25, 0.3) is 51.5 Å². The predicted molar refractivity (Wildman–Crippen MR) is 203 cm³/mol. The van der Waals surface area contributed by atoms with Gasteiger partial charge in [-0.3, -0.25) is 0 Å². The first-order valence-corrected chi connectivity index (χ1v) is 17.8. The first kappa shape index (κ1) is 27.8. The van der Waals surface area contributed by atoms with Crippen molar-refractivity contribution < 1.29 is 0 Å². The topological polar surface area (TPSA) is 3.24 Å². The Labute approximate surface area is 278 Å². The molecule has 8 aromatic rings. The van der Waals surface area contributed by atoms with Crippen LogP contribution in [0.2, 0.25) is 0 Å². The Balaban J connectivity index is 1.26. The molecule has 224 valence electrons. The van der Waals surface area contributed by atoms with E-state index in [0.717, 1.165) is 5.69 Å². The molecule has 6 aromatic carbocycles. The molecule has 2 heterocycles. The fraction of sp³-hybridized carbons (Fsp3) is 0.163. The lowest BCUT2D eigenvalue weighted by molar-refractivity contribution is 0.403. The molecule has 3 heteroatoms. The summed E-state index contributed by atoms with van der Waals surface area (Å²) < 4.78 is 5.37. The molecule has 1 aliphatic rings. The first-order chi connectivity index (χ1) is 22.2. The number of benzene rings is 6. The zero-order valence-electron chi connectivity index (χ0n) is 26.6. The number of anilines is 3. The molecule has 0 radical (unpaired) electrons. The van der Waals surface area contributed by atoms with Crippen LogP contribution in [0.3, 0.4) is 0 Å². The van der Waals surface area contributed by atoms with Crippen LogP contribution in [-0.2, 0) is 10.8 Å². The average molecular weight is 630 g/mol. The van der Waals surface area contributed by atoms with E-state index in [-0.39, 0.29) is 10.8 Å². The van der Waals surface area contributed by atoms with Crippen LogP contribution in [0.4, 0.5) is 17.1 Å². The van der Waals surface area contributed by atoms with Crippen molar-refractivity contribution in [2.45, 2.75) is 44.9 Å². The van der Waals surface area contributed by atoms with Gasteiger partial charge in [0, 0.05) is 57.4 Å². The fourth-order valence-corrected chi connectivity index (χ4v) is 10.4. The maximum absolute atomic E-state index is 2.52. The van der Waals surface area contributed by atoms with E-state index in [2.05, 4.69) is 160 Å². The number of rotatable bonds is 4. The summed E-state index contributed by atoms with van der Waals surface area (Å²) in [5, 5.41) is 5.37. The van der Waals surface area contributed by atoms with Crippen molar-refractivity contribution in [3.8, 4) is 11.1 Å². The van der Waals surface area contributed by atoms with Gasteiger partial charge in [-0.05, 0) is 100 Å². The Morgan fingerprint density at radius 1 is 0.435 bits per heavy atom. The summed E-state index contributed by atoms with van der Waals surface area (Å²) in [7, 11) is 0. The highest BCUT2D eigenvalue weighted by Gasteiger charge is 2.42. The van der Waals surface area contributed by atoms with Gasteiger partial charge in [-0.15, -0.1) is 22.7 Å². The molecule has 0 aliphatic heterocycles. The van der Waals surface area contributed by atoms with Crippen molar-refractivity contribution in [2.75, 3.05) is 4.90 Å². The van der Waals surface area contributed by atoms with Crippen molar-refractivity contribution in [1.82, 2.24) is 0 Å². The van der Waals surface area contributed by atoms with Crippen molar-refractivity contribution >= 4 is 80.1 Å². The minimum absolute atomic E-state index is 0.169. The molecular formula is C43H35NS2. The van der Waals surface area contributed by atoms with Crippen LogP contribution in [0.15, 0.2) is 127 Å². The minimum atomic E-state index is 0.169. The predicted octanol–water partition coefficient (Wildman–Crippen LogP) is 13.5. The number of nitrogens with zero attached hydrogens (tertiary/aromatic N) is 1. The molecule has 0 atom stereocenters. The van der Waals surface area contributed by atoms with Gasteiger partial charge in [0.25, 0.3) is 0 Å². The summed E-state index contributed by atoms with van der Waals surface area (Å²) in [6, 6.07) is 47.5. The Morgan fingerprint density at radius 2 is 1.02 bits per heavy atom. The van der Waals surface area contributed by atoms with E-state index in [4.69, 9.17) is 0 Å². The van der Waals surface area contributed by atoms with E-state index < -0.39 is 0 Å². The largest absolute Gasteiger partial charge is 0.310 e. The molecule has 2 aromatic heterocycles. The van der Waals surface area contributed by atoms with Gasteiger partial charge in [-0.25, -0.2) is 0 Å². The van der Waals surface area contributed by atoms with Crippen molar-refractivity contribution in [3.63, 3.8) is 0 Å². The van der Waals surface area contributed by atoms with Gasteiger partial charge < -0.3 is 4.90 Å². The SMILES string of the molecule is CC1(C)CC(C)(C)c2cc3c(cc21)sc1ccc(N(c2cccc(-c4ccccc4)c2)c2ccc4c(c2)sc2ccccc24)cc13. The van der Waals surface area contributed by atoms with Crippen LogP contribution in [0.1, 0.15) is 45.2 Å². The van der Waals surface area contributed by atoms with E-state index in [1.165, 1.54) is 80.4 Å². The first-order valence-electron chi connectivity index (χ1n) is 16.1. The van der Waals surface area contributed by atoms with Gasteiger partial charge in [0.15, 0.2) is 0 Å². The maximum atomic E-state index is 2.52. The summed E-state index contributed by atoms with van der Waals surface area (Å²) in [5.74, 6) is 0. The molecule has 0 spiro atoms. The normalized spacial score (nSPS) is 15.2. The Kier molecular flexibility index (Phi) is 6.07. The van der Waals surface area contributed by atoms with E-state index in [1.807, 2.05) is 22.7 Å². The molecule has 0 N–H and O–H groups in total. The third-order valence-electron chi connectivity index (χ3n) is 10.0. The zero-order valence-corrected chi connectivity index (χ0v) is 28.2. The highest BCUT2D eigenvalue weighted by molar-refractivity contribution is 7.26. The standard InChI is InChI=1S/C43H35NS2/c1-42(2)26-43(3,4)37-25-41-35(24-36(37)42)34-22-30(18-20-39(34)46-41)44(29-14-10-13-28(21-29)27-11-6-5-7-12-27)31-17-19-33-32-15-8-9-16-38(32)45-40(33)23-31/h5-25H,26H2,1-4H3. The summed E-state index contributed by atoms with van der Waals surface area (Å²) in [6.45, 7) is 9.65. The van der Waals surface area contributed by atoms with Crippen LogP contribution in [0.5, 0.6) is 0 Å². The van der Waals surface area contributed by atoms with Crippen LogP contribution >= 0.6 is 22.7 Å². The van der Waals surface area contributed by atoms with Gasteiger partial charge in [-0.1, -0.05) is 94.4 Å². The molecule has 1 nitrogen and oxygen atoms in total. The maximum Gasteiger partial charge on any atom is 0.0476 e.